The Hall–Kier alpha value is -2.41. The maximum Gasteiger partial charge on any atom is 0.269 e. The van der Waals surface area contributed by atoms with Gasteiger partial charge in [0.05, 0.1) is 23.8 Å². The third-order valence-electron chi connectivity index (χ3n) is 2.90. The first-order valence-electron chi connectivity index (χ1n) is 5.55. The van der Waals surface area contributed by atoms with E-state index >= 15 is 0 Å². The molecule has 0 saturated carbocycles. The zero-order chi connectivity index (χ0) is 12.7. The van der Waals surface area contributed by atoms with Gasteiger partial charge in [-0.15, -0.1) is 0 Å². The van der Waals surface area contributed by atoms with Crippen molar-refractivity contribution in [1.29, 1.82) is 0 Å². The van der Waals surface area contributed by atoms with E-state index in [-0.39, 0.29) is 5.69 Å². The molecule has 1 amide bonds. The smallest absolute Gasteiger partial charge is 0.269 e. The van der Waals surface area contributed by atoms with Crippen molar-refractivity contribution >= 4 is 27.7 Å². The van der Waals surface area contributed by atoms with E-state index in [4.69, 9.17) is 11.5 Å². The van der Waals surface area contributed by atoms with Crippen LogP contribution in [0.15, 0.2) is 18.3 Å². The number of carbonyl (C=O) groups excluding carboxylic acids is 1. The Kier molecular flexibility index (Phi) is 2.27. The molecule has 0 aliphatic rings. The Morgan fingerprint density at radius 1 is 1.39 bits per heavy atom. The summed E-state index contributed by atoms with van der Waals surface area (Å²) in [6.45, 7) is 0.956. The molecule has 0 saturated heterocycles. The quantitative estimate of drug-likeness (QED) is 0.600. The van der Waals surface area contributed by atoms with Crippen LogP contribution in [0.2, 0.25) is 0 Å². The molecule has 92 valence electrons. The fraction of sp³-hybridized carbons (Fsp3) is 0.182. The van der Waals surface area contributed by atoms with E-state index in [1.54, 1.807) is 10.9 Å². The third-order valence-corrected chi connectivity index (χ3v) is 2.90. The summed E-state index contributed by atoms with van der Waals surface area (Å²) in [7, 11) is 0. The van der Waals surface area contributed by atoms with Crippen molar-refractivity contribution in [2.45, 2.75) is 6.54 Å². The average Bonchev–Trinajstić information content (AvgIpc) is 2.92. The first-order valence-corrected chi connectivity index (χ1v) is 5.55. The monoisotopic (exact) mass is 244 g/mol. The molecule has 0 aliphatic heterocycles. The van der Waals surface area contributed by atoms with E-state index < -0.39 is 5.91 Å². The SMILES string of the molecule is NCCn1nc(C(N)=O)c2ccc3[nH]ncc3c21. The van der Waals surface area contributed by atoms with Gasteiger partial charge in [-0.3, -0.25) is 14.6 Å². The summed E-state index contributed by atoms with van der Waals surface area (Å²) in [4.78, 5) is 11.4. The molecule has 2 aromatic heterocycles. The standard InChI is InChI=1S/C11H12N6O/c12-3-4-17-10-6(9(16-17)11(13)18)1-2-8-7(10)5-14-15-8/h1-2,5H,3-4,12H2,(H2,13,18)(H,14,15). The number of fused-ring (bicyclic) bond motifs is 3. The van der Waals surface area contributed by atoms with Crippen molar-refractivity contribution in [2.24, 2.45) is 11.5 Å². The van der Waals surface area contributed by atoms with Crippen LogP contribution >= 0.6 is 0 Å². The first kappa shape index (κ1) is 10.7. The van der Waals surface area contributed by atoms with Crippen LogP contribution in [-0.4, -0.2) is 32.4 Å². The lowest BCUT2D eigenvalue weighted by molar-refractivity contribution is 0.0996. The predicted octanol–water partition coefficient (Wildman–Crippen LogP) is -0.0298. The second-order valence-corrected chi connectivity index (χ2v) is 4.02. The van der Waals surface area contributed by atoms with Gasteiger partial charge in [-0.25, -0.2) is 0 Å². The average molecular weight is 244 g/mol. The van der Waals surface area contributed by atoms with Crippen molar-refractivity contribution in [1.82, 2.24) is 20.0 Å². The van der Waals surface area contributed by atoms with Gasteiger partial charge >= 0.3 is 0 Å². The Labute approximate surface area is 102 Å². The largest absolute Gasteiger partial charge is 0.364 e. The molecule has 7 heteroatoms. The number of hydrogen-bond acceptors (Lipinski definition) is 4. The summed E-state index contributed by atoms with van der Waals surface area (Å²) in [6.07, 6.45) is 1.71. The summed E-state index contributed by atoms with van der Waals surface area (Å²) in [5.41, 5.74) is 12.9. The molecule has 7 nitrogen and oxygen atoms in total. The molecule has 3 rings (SSSR count). The molecule has 0 spiro atoms. The Morgan fingerprint density at radius 3 is 2.94 bits per heavy atom. The van der Waals surface area contributed by atoms with E-state index in [0.29, 0.717) is 13.1 Å². The fourth-order valence-electron chi connectivity index (χ4n) is 2.16. The summed E-state index contributed by atoms with van der Waals surface area (Å²) in [5, 5.41) is 12.7. The van der Waals surface area contributed by atoms with Gasteiger partial charge in [0, 0.05) is 17.3 Å². The minimum Gasteiger partial charge on any atom is -0.364 e. The van der Waals surface area contributed by atoms with Crippen LogP contribution in [0, 0.1) is 0 Å². The van der Waals surface area contributed by atoms with Gasteiger partial charge in [-0.1, -0.05) is 0 Å². The minimum absolute atomic E-state index is 0.265. The van der Waals surface area contributed by atoms with Crippen molar-refractivity contribution in [3.8, 4) is 0 Å². The topological polar surface area (TPSA) is 116 Å². The number of rotatable bonds is 3. The number of aromatic nitrogens is 4. The maximum atomic E-state index is 11.4. The third kappa shape index (κ3) is 1.37. The van der Waals surface area contributed by atoms with Gasteiger partial charge in [0.25, 0.3) is 5.91 Å². The summed E-state index contributed by atoms with van der Waals surface area (Å²) >= 11 is 0. The highest BCUT2D eigenvalue weighted by molar-refractivity contribution is 6.12. The lowest BCUT2D eigenvalue weighted by Crippen LogP contribution is -2.15. The number of hydrogen-bond donors (Lipinski definition) is 3. The second-order valence-electron chi connectivity index (χ2n) is 4.02. The van der Waals surface area contributed by atoms with Gasteiger partial charge in [-0.05, 0) is 12.1 Å². The van der Waals surface area contributed by atoms with Gasteiger partial charge in [0.15, 0.2) is 5.69 Å². The van der Waals surface area contributed by atoms with Crippen LogP contribution in [0.25, 0.3) is 21.8 Å². The number of benzene rings is 1. The number of primary amides is 1. The molecule has 0 bridgehead atoms. The lowest BCUT2D eigenvalue weighted by Gasteiger charge is -2.00. The zero-order valence-corrected chi connectivity index (χ0v) is 9.55. The number of nitrogens with zero attached hydrogens (tertiary/aromatic N) is 3. The van der Waals surface area contributed by atoms with Gasteiger partial charge in [0.1, 0.15) is 0 Å². The number of H-pyrrole nitrogens is 1. The lowest BCUT2D eigenvalue weighted by atomic mass is 10.1. The molecule has 0 atom stereocenters. The highest BCUT2D eigenvalue weighted by Gasteiger charge is 2.17. The molecular formula is C11H12N6O. The van der Waals surface area contributed by atoms with Crippen molar-refractivity contribution < 1.29 is 4.79 Å². The molecule has 3 aromatic rings. The molecule has 18 heavy (non-hydrogen) atoms. The molecule has 0 unspecified atom stereocenters. The van der Waals surface area contributed by atoms with E-state index in [2.05, 4.69) is 15.3 Å². The molecule has 1 aromatic carbocycles. The first-order chi connectivity index (χ1) is 8.72. The zero-order valence-electron chi connectivity index (χ0n) is 9.55. The number of carbonyl (C=O) groups is 1. The van der Waals surface area contributed by atoms with Gasteiger partial charge in [-0.2, -0.15) is 10.2 Å². The van der Waals surface area contributed by atoms with E-state index in [1.807, 2.05) is 12.1 Å². The summed E-state index contributed by atoms with van der Waals surface area (Å²) in [6, 6.07) is 3.67. The van der Waals surface area contributed by atoms with Gasteiger partial charge in [0.2, 0.25) is 0 Å². The molecule has 2 heterocycles. The predicted molar refractivity (Wildman–Crippen MR) is 67.0 cm³/mol. The number of nitrogens with one attached hydrogen (secondary N) is 1. The van der Waals surface area contributed by atoms with Crippen LogP contribution in [0.3, 0.4) is 0 Å². The van der Waals surface area contributed by atoms with E-state index in [9.17, 15) is 4.79 Å². The van der Waals surface area contributed by atoms with Gasteiger partial charge < -0.3 is 11.5 Å². The van der Waals surface area contributed by atoms with Crippen LogP contribution in [0.1, 0.15) is 10.5 Å². The van der Waals surface area contributed by atoms with Crippen LogP contribution in [0.4, 0.5) is 0 Å². The van der Waals surface area contributed by atoms with E-state index in [1.165, 1.54) is 0 Å². The van der Waals surface area contributed by atoms with E-state index in [0.717, 1.165) is 21.8 Å². The number of nitrogens with two attached hydrogens (primary N) is 2. The summed E-state index contributed by atoms with van der Waals surface area (Å²) < 4.78 is 1.70. The second kappa shape index (κ2) is 3.81. The van der Waals surface area contributed by atoms with Crippen LogP contribution in [0.5, 0.6) is 0 Å². The molecule has 5 N–H and O–H groups in total. The van der Waals surface area contributed by atoms with Crippen LogP contribution in [-0.2, 0) is 6.54 Å². The Balaban J connectivity index is 2.44. The molecule has 0 fully saturated rings. The Bertz CT molecular complexity index is 740. The normalized spacial score (nSPS) is 11.4. The van der Waals surface area contributed by atoms with Crippen molar-refractivity contribution in [3.63, 3.8) is 0 Å². The Morgan fingerprint density at radius 2 is 2.22 bits per heavy atom. The van der Waals surface area contributed by atoms with Crippen molar-refractivity contribution in [2.75, 3.05) is 6.54 Å². The molecule has 0 aliphatic carbocycles. The number of amides is 1. The van der Waals surface area contributed by atoms with Crippen molar-refractivity contribution in [3.05, 3.63) is 24.0 Å². The highest BCUT2D eigenvalue weighted by atomic mass is 16.1. The highest BCUT2D eigenvalue weighted by Crippen LogP contribution is 2.26. The maximum absolute atomic E-state index is 11.4. The molecular weight excluding hydrogens is 232 g/mol. The van der Waals surface area contributed by atoms with Crippen LogP contribution < -0.4 is 11.5 Å². The summed E-state index contributed by atoms with van der Waals surface area (Å²) in [5.74, 6) is -0.543. The molecule has 0 radical (unpaired) electrons. The minimum atomic E-state index is -0.543. The number of aromatic amines is 1. The fourth-order valence-corrected chi connectivity index (χ4v) is 2.16.